The molecule has 7 nitrogen and oxygen atoms in total. The molecular formula is C11H10N6O. The highest BCUT2D eigenvalue weighted by Crippen LogP contribution is 2.19. The molecule has 0 spiro atoms. The van der Waals surface area contributed by atoms with Crippen LogP contribution >= 0.6 is 0 Å². The highest BCUT2D eigenvalue weighted by Gasteiger charge is 2.13. The topological polar surface area (TPSA) is 88.5 Å². The summed E-state index contributed by atoms with van der Waals surface area (Å²) in [7, 11) is 1.93. The third-order valence-electron chi connectivity index (χ3n) is 2.74. The first kappa shape index (κ1) is 10.5. The maximum Gasteiger partial charge on any atom is 0.270 e. The van der Waals surface area contributed by atoms with Gasteiger partial charge in [0, 0.05) is 29.7 Å². The van der Waals surface area contributed by atoms with E-state index in [1.807, 2.05) is 36.0 Å². The van der Waals surface area contributed by atoms with Gasteiger partial charge in [-0.15, -0.1) is 5.10 Å². The lowest BCUT2D eigenvalue weighted by Crippen LogP contribution is -2.13. The van der Waals surface area contributed by atoms with Gasteiger partial charge in [0.2, 0.25) is 0 Å². The standard InChI is InChI=1S/C11H10N6O/c1-17-6-5-7-8(3-2-4-9(7)17)10(18)12-11-13-15-16-14-11/h2-6H,1H3,(H2,12,13,14,15,16,18). The lowest BCUT2D eigenvalue weighted by Gasteiger charge is -2.03. The van der Waals surface area contributed by atoms with Crippen molar-refractivity contribution in [2.75, 3.05) is 5.32 Å². The molecule has 3 aromatic rings. The van der Waals surface area contributed by atoms with Crippen molar-refractivity contribution >= 4 is 22.8 Å². The number of carbonyl (C=O) groups excluding carboxylic acids is 1. The van der Waals surface area contributed by atoms with Crippen LogP contribution in [0.5, 0.6) is 0 Å². The molecule has 1 aromatic carbocycles. The number of rotatable bonds is 2. The van der Waals surface area contributed by atoms with Gasteiger partial charge in [0.05, 0.1) is 0 Å². The van der Waals surface area contributed by atoms with Crippen molar-refractivity contribution in [3.8, 4) is 0 Å². The number of hydrogen-bond acceptors (Lipinski definition) is 4. The van der Waals surface area contributed by atoms with Crippen molar-refractivity contribution in [3.05, 3.63) is 36.0 Å². The first-order valence-corrected chi connectivity index (χ1v) is 5.34. The van der Waals surface area contributed by atoms with E-state index in [1.54, 1.807) is 6.07 Å². The zero-order chi connectivity index (χ0) is 12.5. The molecule has 0 saturated heterocycles. The molecule has 1 amide bonds. The number of nitrogens with one attached hydrogen (secondary N) is 2. The van der Waals surface area contributed by atoms with Gasteiger partial charge in [0.15, 0.2) is 0 Å². The summed E-state index contributed by atoms with van der Waals surface area (Å²) < 4.78 is 1.96. The third-order valence-corrected chi connectivity index (χ3v) is 2.74. The van der Waals surface area contributed by atoms with E-state index >= 15 is 0 Å². The van der Waals surface area contributed by atoms with E-state index in [4.69, 9.17) is 0 Å². The Hall–Kier alpha value is -2.70. The van der Waals surface area contributed by atoms with Crippen LogP contribution in [0.15, 0.2) is 30.5 Å². The number of H-pyrrole nitrogens is 1. The van der Waals surface area contributed by atoms with Crippen LogP contribution in [0.2, 0.25) is 0 Å². The molecule has 0 aliphatic carbocycles. The molecule has 0 bridgehead atoms. The van der Waals surface area contributed by atoms with E-state index in [0.29, 0.717) is 5.56 Å². The number of tetrazole rings is 1. The van der Waals surface area contributed by atoms with Crippen LogP contribution in [-0.4, -0.2) is 31.1 Å². The maximum atomic E-state index is 12.1. The molecule has 0 saturated carbocycles. The monoisotopic (exact) mass is 242 g/mol. The zero-order valence-corrected chi connectivity index (χ0v) is 9.58. The summed E-state index contributed by atoms with van der Waals surface area (Å²) in [6.07, 6.45) is 1.91. The fraction of sp³-hybridized carbons (Fsp3) is 0.0909. The van der Waals surface area contributed by atoms with Gasteiger partial charge in [0.25, 0.3) is 11.9 Å². The quantitative estimate of drug-likeness (QED) is 0.700. The van der Waals surface area contributed by atoms with E-state index in [9.17, 15) is 4.79 Å². The Morgan fingerprint density at radius 1 is 1.39 bits per heavy atom. The van der Waals surface area contributed by atoms with Crippen molar-refractivity contribution < 1.29 is 4.79 Å². The van der Waals surface area contributed by atoms with E-state index in [0.717, 1.165) is 10.9 Å². The third kappa shape index (κ3) is 1.61. The number of aryl methyl sites for hydroxylation is 1. The average Bonchev–Trinajstić information content (AvgIpc) is 3.00. The summed E-state index contributed by atoms with van der Waals surface area (Å²) in [6, 6.07) is 7.46. The Balaban J connectivity index is 2.01. The molecule has 0 aliphatic rings. The van der Waals surface area contributed by atoms with E-state index in [2.05, 4.69) is 25.9 Å². The van der Waals surface area contributed by atoms with Gasteiger partial charge in [-0.1, -0.05) is 11.2 Å². The minimum Gasteiger partial charge on any atom is -0.351 e. The minimum absolute atomic E-state index is 0.160. The van der Waals surface area contributed by atoms with Crippen molar-refractivity contribution in [1.82, 2.24) is 25.2 Å². The summed E-state index contributed by atoms with van der Waals surface area (Å²) in [4.78, 5) is 12.1. The SMILES string of the molecule is Cn1ccc2c(C(=O)Nc3nn[nH]n3)cccc21. The lowest BCUT2D eigenvalue weighted by atomic mass is 10.1. The molecule has 18 heavy (non-hydrogen) atoms. The molecule has 0 atom stereocenters. The minimum atomic E-state index is -0.256. The first-order chi connectivity index (χ1) is 8.75. The number of benzene rings is 1. The molecule has 2 heterocycles. The summed E-state index contributed by atoms with van der Waals surface area (Å²) in [5.74, 6) is -0.0962. The number of carbonyl (C=O) groups is 1. The fourth-order valence-electron chi connectivity index (χ4n) is 1.88. The Morgan fingerprint density at radius 3 is 3.06 bits per heavy atom. The zero-order valence-electron chi connectivity index (χ0n) is 9.58. The Bertz CT molecular complexity index is 699. The summed E-state index contributed by atoms with van der Waals surface area (Å²) in [5, 5.41) is 16.5. The molecule has 2 aromatic heterocycles. The second-order valence-electron chi connectivity index (χ2n) is 3.85. The van der Waals surface area contributed by atoms with Crippen LogP contribution < -0.4 is 5.32 Å². The Kier molecular flexibility index (Phi) is 2.30. The molecule has 3 rings (SSSR count). The van der Waals surface area contributed by atoms with Crippen molar-refractivity contribution in [2.24, 2.45) is 7.05 Å². The van der Waals surface area contributed by atoms with Crippen molar-refractivity contribution in [1.29, 1.82) is 0 Å². The molecule has 0 fully saturated rings. The number of aromatic nitrogens is 5. The average molecular weight is 242 g/mol. The molecule has 0 radical (unpaired) electrons. The van der Waals surface area contributed by atoms with Gasteiger partial charge in [-0.2, -0.15) is 5.21 Å². The number of amides is 1. The van der Waals surface area contributed by atoms with Crippen LogP contribution in [0.4, 0.5) is 5.95 Å². The number of anilines is 1. The lowest BCUT2D eigenvalue weighted by molar-refractivity contribution is 0.102. The Morgan fingerprint density at radius 2 is 2.28 bits per heavy atom. The van der Waals surface area contributed by atoms with Crippen molar-refractivity contribution in [3.63, 3.8) is 0 Å². The molecular weight excluding hydrogens is 232 g/mol. The van der Waals surface area contributed by atoms with Crippen LogP contribution in [0.1, 0.15) is 10.4 Å². The Labute approximate surface area is 102 Å². The second-order valence-corrected chi connectivity index (χ2v) is 3.85. The predicted octanol–water partition coefficient (Wildman–Crippen LogP) is 0.944. The van der Waals surface area contributed by atoms with E-state index < -0.39 is 0 Å². The van der Waals surface area contributed by atoms with E-state index in [-0.39, 0.29) is 11.9 Å². The van der Waals surface area contributed by atoms with Gasteiger partial charge in [-0.3, -0.25) is 10.1 Å². The van der Waals surface area contributed by atoms with Gasteiger partial charge in [-0.25, -0.2) is 0 Å². The van der Waals surface area contributed by atoms with Gasteiger partial charge in [-0.05, 0) is 23.4 Å². The largest absolute Gasteiger partial charge is 0.351 e. The molecule has 7 heteroatoms. The number of hydrogen-bond donors (Lipinski definition) is 2. The summed E-state index contributed by atoms with van der Waals surface area (Å²) >= 11 is 0. The normalized spacial score (nSPS) is 10.7. The van der Waals surface area contributed by atoms with Crippen LogP contribution in [0.25, 0.3) is 10.9 Å². The number of fused-ring (bicyclic) bond motifs is 1. The smallest absolute Gasteiger partial charge is 0.270 e. The van der Waals surface area contributed by atoms with Crippen LogP contribution in [0.3, 0.4) is 0 Å². The second kappa shape index (κ2) is 3.95. The summed E-state index contributed by atoms with van der Waals surface area (Å²) in [6.45, 7) is 0. The molecule has 90 valence electrons. The maximum absolute atomic E-state index is 12.1. The van der Waals surface area contributed by atoms with Crippen LogP contribution in [-0.2, 0) is 7.05 Å². The fourth-order valence-corrected chi connectivity index (χ4v) is 1.88. The summed E-state index contributed by atoms with van der Waals surface area (Å²) in [5.41, 5.74) is 1.58. The van der Waals surface area contributed by atoms with Gasteiger partial charge in [0.1, 0.15) is 0 Å². The highest BCUT2D eigenvalue weighted by molar-refractivity contribution is 6.12. The highest BCUT2D eigenvalue weighted by atomic mass is 16.1. The molecule has 0 aliphatic heterocycles. The van der Waals surface area contributed by atoms with Crippen molar-refractivity contribution in [2.45, 2.75) is 0 Å². The number of aromatic amines is 1. The van der Waals surface area contributed by atoms with Crippen LogP contribution in [0, 0.1) is 0 Å². The molecule has 2 N–H and O–H groups in total. The van der Waals surface area contributed by atoms with Gasteiger partial charge >= 0.3 is 0 Å². The number of nitrogens with zero attached hydrogens (tertiary/aromatic N) is 4. The first-order valence-electron chi connectivity index (χ1n) is 5.34. The van der Waals surface area contributed by atoms with E-state index in [1.165, 1.54) is 0 Å². The van der Waals surface area contributed by atoms with Gasteiger partial charge < -0.3 is 4.57 Å². The molecule has 0 unspecified atom stereocenters. The predicted molar refractivity (Wildman–Crippen MR) is 65.0 cm³/mol.